The van der Waals surface area contributed by atoms with Gasteiger partial charge in [-0.3, -0.25) is 0 Å². The van der Waals surface area contributed by atoms with Gasteiger partial charge >= 0.3 is 6.09 Å². The molecule has 1 aliphatic heterocycles. The van der Waals surface area contributed by atoms with Crippen molar-refractivity contribution >= 4 is 6.09 Å². The lowest BCUT2D eigenvalue weighted by Crippen LogP contribution is -2.35. The zero-order chi connectivity index (χ0) is 11.1. The molecule has 0 radical (unpaired) electrons. The van der Waals surface area contributed by atoms with Crippen molar-refractivity contribution in [3.8, 4) is 0 Å². The maximum Gasteiger partial charge on any atom is 0.410 e. The van der Waals surface area contributed by atoms with Crippen LogP contribution in [0.15, 0.2) is 11.6 Å². The minimum atomic E-state index is -0.218. The summed E-state index contributed by atoms with van der Waals surface area (Å²) < 4.78 is 5.47. The number of carbonyl (C=O) groups excluding carboxylic acids is 1. The van der Waals surface area contributed by atoms with E-state index in [9.17, 15) is 4.79 Å². The minimum Gasteiger partial charge on any atom is -0.441 e. The standard InChI is InChI=1S/C12H19NO2/c1-9(2)10-4-6-12(7-5-10)8-13(3)11(14)15-12/h4,9H,5-8H2,1-3H3/t12-/m0/s1. The number of allylic oxidation sites excluding steroid dienone is 1. The lowest BCUT2D eigenvalue weighted by atomic mass is 9.82. The molecule has 84 valence electrons. The number of ether oxygens (including phenoxy) is 1. The first-order valence-electron chi connectivity index (χ1n) is 5.65. The Morgan fingerprint density at radius 1 is 1.53 bits per heavy atom. The van der Waals surface area contributed by atoms with Crippen LogP contribution in [0, 0.1) is 5.92 Å². The van der Waals surface area contributed by atoms with Crippen LogP contribution in [0.2, 0.25) is 0 Å². The van der Waals surface area contributed by atoms with Gasteiger partial charge in [-0.2, -0.15) is 0 Å². The van der Waals surface area contributed by atoms with Crippen LogP contribution in [-0.2, 0) is 4.74 Å². The second-order valence-corrected chi connectivity index (χ2v) is 5.04. The summed E-state index contributed by atoms with van der Waals surface area (Å²) in [6.07, 6.45) is 5.03. The predicted molar refractivity (Wildman–Crippen MR) is 58.6 cm³/mol. The van der Waals surface area contributed by atoms with Crippen LogP contribution in [-0.4, -0.2) is 30.2 Å². The molecule has 1 heterocycles. The molecule has 1 atom stereocenters. The lowest BCUT2D eigenvalue weighted by molar-refractivity contribution is 0.0476. The number of carbonyl (C=O) groups is 1. The first-order chi connectivity index (χ1) is 7.02. The van der Waals surface area contributed by atoms with Crippen molar-refractivity contribution in [1.29, 1.82) is 0 Å². The van der Waals surface area contributed by atoms with Crippen molar-refractivity contribution in [1.82, 2.24) is 4.90 Å². The topological polar surface area (TPSA) is 29.5 Å². The van der Waals surface area contributed by atoms with Gasteiger partial charge in [0, 0.05) is 13.5 Å². The van der Waals surface area contributed by atoms with Crippen molar-refractivity contribution in [2.24, 2.45) is 5.92 Å². The zero-order valence-electron chi connectivity index (χ0n) is 9.75. The molecule has 3 nitrogen and oxygen atoms in total. The van der Waals surface area contributed by atoms with Gasteiger partial charge in [0.25, 0.3) is 0 Å². The van der Waals surface area contributed by atoms with Gasteiger partial charge in [0.15, 0.2) is 0 Å². The van der Waals surface area contributed by atoms with E-state index in [1.807, 2.05) is 0 Å². The molecule has 1 amide bonds. The molecule has 0 unspecified atom stereocenters. The van der Waals surface area contributed by atoms with Crippen LogP contribution < -0.4 is 0 Å². The van der Waals surface area contributed by atoms with Crippen LogP contribution in [0.1, 0.15) is 33.1 Å². The quantitative estimate of drug-likeness (QED) is 0.621. The number of hydrogen-bond donors (Lipinski definition) is 0. The van der Waals surface area contributed by atoms with Crippen molar-refractivity contribution < 1.29 is 9.53 Å². The van der Waals surface area contributed by atoms with E-state index in [1.54, 1.807) is 11.9 Å². The third-order valence-electron chi connectivity index (χ3n) is 3.49. The summed E-state index contributed by atoms with van der Waals surface area (Å²) in [4.78, 5) is 13.0. The molecule has 3 heteroatoms. The first-order valence-corrected chi connectivity index (χ1v) is 5.65. The Morgan fingerprint density at radius 3 is 2.67 bits per heavy atom. The van der Waals surface area contributed by atoms with Crippen molar-refractivity contribution in [3.63, 3.8) is 0 Å². The van der Waals surface area contributed by atoms with Crippen LogP contribution >= 0.6 is 0 Å². The molecule has 0 saturated carbocycles. The van der Waals surface area contributed by atoms with E-state index in [1.165, 1.54) is 5.57 Å². The van der Waals surface area contributed by atoms with Crippen LogP contribution in [0.4, 0.5) is 4.79 Å². The van der Waals surface area contributed by atoms with E-state index >= 15 is 0 Å². The summed E-state index contributed by atoms with van der Waals surface area (Å²) in [7, 11) is 1.80. The highest BCUT2D eigenvalue weighted by molar-refractivity contribution is 5.70. The van der Waals surface area contributed by atoms with E-state index in [4.69, 9.17) is 4.74 Å². The summed E-state index contributed by atoms with van der Waals surface area (Å²) >= 11 is 0. The monoisotopic (exact) mass is 209 g/mol. The Bertz CT molecular complexity index is 309. The predicted octanol–water partition coefficient (Wildman–Crippen LogP) is 2.57. The van der Waals surface area contributed by atoms with Crippen molar-refractivity contribution in [2.75, 3.05) is 13.6 Å². The molecule has 1 spiro atoms. The molecule has 0 aromatic rings. The molecule has 1 saturated heterocycles. The lowest BCUT2D eigenvalue weighted by Gasteiger charge is -2.31. The highest BCUT2D eigenvalue weighted by atomic mass is 16.6. The normalized spacial score (nSPS) is 31.1. The maximum absolute atomic E-state index is 11.3. The van der Waals surface area contributed by atoms with Gasteiger partial charge in [-0.05, 0) is 18.8 Å². The Kier molecular flexibility index (Phi) is 2.49. The molecular formula is C12H19NO2. The van der Waals surface area contributed by atoms with Crippen LogP contribution in [0.3, 0.4) is 0 Å². The van der Waals surface area contributed by atoms with Gasteiger partial charge in [0.1, 0.15) is 5.60 Å². The van der Waals surface area contributed by atoms with Gasteiger partial charge in [0.2, 0.25) is 0 Å². The molecule has 0 aromatic heterocycles. The maximum atomic E-state index is 11.3. The van der Waals surface area contributed by atoms with Crippen molar-refractivity contribution in [2.45, 2.75) is 38.7 Å². The van der Waals surface area contributed by atoms with Crippen molar-refractivity contribution in [3.05, 3.63) is 11.6 Å². The molecular weight excluding hydrogens is 190 g/mol. The second kappa shape index (κ2) is 3.54. The highest BCUT2D eigenvalue weighted by Gasteiger charge is 2.44. The third-order valence-corrected chi connectivity index (χ3v) is 3.49. The molecule has 2 aliphatic rings. The number of nitrogens with zero attached hydrogens (tertiary/aromatic N) is 1. The molecule has 1 fully saturated rings. The number of likely N-dealkylation sites (N-methyl/N-ethyl adjacent to an activating group) is 1. The first kappa shape index (κ1) is 10.5. The molecule has 15 heavy (non-hydrogen) atoms. The van der Waals surface area contributed by atoms with E-state index in [0.717, 1.165) is 25.8 Å². The van der Waals surface area contributed by atoms with Gasteiger partial charge in [0.05, 0.1) is 6.54 Å². The summed E-state index contributed by atoms with van der Waals surface area (Å²) in [5.41, 5.74) is 1.29. The third kappa shape index (κ3) is 1.87. The summed E-state index contributed by atoms with van der Waals surface area (Å²) in [6, 6.07) is 0. The Morgan fingerprint density at radius 2 is 2.27 bits per heavy atom. The fraction of sp³-hybridized carbons (Fsp3) is 0.750. The van der Waals surface area contributed by atoms with Gasteiger partial charge in [-0.15, -0.1) is 0 Å². The number of rotatable bonds is 1. The summed E-state index contributed by atoms with van der Waals surface area (Å²) in [5.74, 6) is 0.622. The molecule has 2 rings (SSSR count). The second-order valence-electron chi connectivity index (χ2n) is 5.04. The molecule has 0 N–H and O–H groups in total. The molecule has 0 bridgehead atoms. The fourth-order valence-electron chi connectivity index (χ4n) is 2.45. The van der Waals surface area contributed by atoms with Crippen LogP contribution in [0.25, 0.3) is 0 Å². The Labute approximate surface area is 91.1 Å². The minimum absolute atomic E-state index is 0.170. The largest absolute Gasteiger partial charge is 0.441 e. The average molecular weight is 209 g/mol. The Hall–Kier alpha value is -0.990. The van der Waals surface area contributed by atoms with Gasteiger partial charge in [-0.25, -0.2) is 4.79 Å². The van der Waals surface area contributed by atoms with E-state index in [0.29, 0.717) is 5.92 Å². The molecule has 0 aromatic carbocycles. The van der Waals surface area contributed by atoms with Gasteiger partial charge < -0.3 is 9.64 Å². The van der Waals surface area contributed by atoms with E-state index in [2.05, 4.69) is 19.9 Å². The smallest absolute Gasteiger partial charge is 0.410 e. The molecule has 1 aliphatic carbocycles. The van der Waals surface area contributed by atoms with Gasteiger partial charge in [-0.1, -0.05) is 25.5 Å². The summed E-state index contributed by atoms with van der Waals surface area (Å²) in [6.45, 7) is 5.18. The number of hydrogen-bond acceptors (Lipinski definition) is 2. The fourth-order valence-corrected chi connectivity index (χ4v) is 2.45. The summed E-state index contributed by atoms with van der Waals surface area (Å²) in [5, 5.41) is 0. The van der Waals surface area contributed by atoms with Crippen LogP contribution in [0.5, 0.6) is 0 Å². The average Bonchev–Trinajstić information content (AvgIpc) is 2.43. The Balaban J connectivity index is 2.07. The number of amides is 1. The van der Waals surface area contributed by atoms with E-state index in [-0.39, 0.29) is 11.7 Å². The van der Waals surface area contributed by atoms with E-state index < -0.39 is 0 Å². The highest BCUT2D eigenvalue weighted by Crippen LogP contribution is 2.37. The SMILES string of the molecule is CC(C)C1=CC[C@]2(CC1)CN(C)C(=O)O2. The zero-order valence-corrected chi connectivity index (χ0v) is 9.75.